The molecule has 1 aromatic heterocycles. The Kier molecular flexibility index (Phi) is 6.29. The van der Waals surface area contributed by atoms with Gasteiger partial charge >= 0.3 is 5.69 Å². The van der Waals surface area contributed by atoms with E-state index in [0.29, 0.717) is 17.2 Å². The molecule has 0 saturated carbocycles. The van der Waals surface area contributed by atoms with Gasteiger partial charge in [-0.05, 0) is 35.2 Å². The molecule has 0 spiro atoms. The lowest BCUT2D eigenvalue weighted by Crippen LogP contribution is -2.47. The summed E-state index contributed by atoms with van der Waals surface area (Å²) in [4.78, 5) is 42.6. The van der Waals surface area contributed by atoms with Crippen molar-refractivity contribution in [1.29, 1.82) is 0 Å². The topological polar surface area (TPSA) is 110 Å². The molecule has 1 amide bonds. The molecule has 2 heterocycles. The minimum atomic E-state index is -0.828. The molecule has 3 aromatic rings. The van der Waals surface area contributed by atoms with Crippen molar-refractivity contribution in [2.75, 3.05) is 17.2 Å². The zero-order valence-corrected chi connectivity index (χ0v) is 19.1. The molecule has 9 heteroatoms. The van der Waals surface area contributed by atoms with Crippen LogP contribution in [0.1, 0.15) is 25.0 Å². The van der Waals surface area contributed by atoms with Gasteiger partial charge in [-0.1, -0.05) is 55.8 Å². The van der Waals surface area contributed by atoms with Crippen molar-refractivity contribution in [3.8, 4) is 5.75 Å². The van der Waals surface area contributed by atoms with E-state index in [2.05, 4.69) is 4.98 Å². The van der Waals surface area contributed by atoms with E-state index >= 15 is 0 Å². The zero-order chi connectivity index (χ0) is 23.7. The highest BCUT2D eigenvalue weighted by molar-refractivity contribution is 6.30. The van der Waals surface area contributed by atoms with Crippen molar-refractivity contribution >= 4 is 29.0 Å². The summed E-state index contributed by atoms with van der Waals surface area (Å²) in [6.07, 6.45) is -0.504. The molecular formula is C24H25ClN4O4. The molecule has 0 fully saturated rings. The number of hydrogen-bond donors (Lipinski definition) is 2. The highest BCUT2D eigenvalue weighted by Crippen LogP contribution is 2.32. The van der Waals surface area contributed by atoms with Gasteiger partial charge in [-0.25, -0.2) is 4.79 Å². The van der Waals surface area contributed by atoms with E-state index < -0.39 is 23.3 Å². The molecule has 1 aliphatic rings. The second kappa shape index (κ2) is 9.15. The number of H-pyrrole nitrogens is 1. The summed E-state index contributed by atoms with van der Waals surface area (Å²) in [7, 11) is 0. The number of nitrogens with two attached hydrogens (primary N) is 1. The third kappa shape index (κ3) is 4.66. The molecule has 1 atom stereocenters. The molecule has 8 nitrogen and oxygen atoms in total. The summed E-state index contributed by atoms with van der Waals surface area (Å²) in [6.45, 7) is 4.23. The van der Waals surface area contributed by atoms with Gasteiger partial charge in [0, 0.05) is 18.0 Å². The predicted octanol–water partition coefficient (Wildman–Crippen LogP) is 2.81. The molecule has 0 aliphatic carbocycles. The highest BCUT2D eigenvalue weighted by Gasteiger charge is 2.35. The first-order valence-corrected chi connectivity index (χ1v) is 11.1. The van der Waals surface area contributed by atoms with Crippen LogP contribution in [0.25, 0.3) is 0 Å². The molecule has 172 valence electrons. The zero-order valence-electron chi connectivity index (χ0n) is 18.4. The number of carbonyl (C=O) groups excluding carboxylic acids is 1. The van der Waals surface area contributed by atoms with Crippen molar-refractivity contribution in [2.45, 2.75) is 32.9 Å². The monoisotopic (exact) mass is 468 g/mol. The Bertz CT molecular complexity index is 1300. The average molecular weight is 469 g/mol. The number of nitrogen functional groups attached to an aromatic ring is 1. The van der Waals surface area contributed by atoms with Crippen LogP contribution in [-0.4, -0.2) is 28.1 Å². The molecule has 1 aliphatic heterocycles. The number of fused-ring (bicyclic) bond motifs is 1. The van der Waals surface area contributed by atoms with E-state index in [9.17, 15) is 14.4 Å². The van der Waals surface area contributed by atoms with Crippen molar-refractivity contribution in [3.05, 3.63) is 85.5 Å². The van der Waals surface area contributed by atoms with E-state index in [1.165, 1.54) is 9.47 Å². The van der Waals surface area contributed by atoms with Gasteiger partial charge in [0.25, 0.3) is 11.5 Å². The van der Waals surface area contributed by atoms with Crippen LogP contribution in [0.2, 0.25) is 5.02 Å². The Hall–Kier alpha value is -3.52. The number of halogens is 1. The number of benzene rings is 2. The number of amides is 1. The summed E-state index contributed by atoms with van der Waals surface area (Å²) in [6, 6.07) is 14.4. The van der Waals surface area contributed by atoms with Crippen LogP contribution in [0.4, 0.5) is 11.5 Å². The molecule has 0 unspecified atom stereocenters. The summed E-state index contributed by atoms with van der Waals surface area (Å²) in [5.74, 6) is 0.136. The van der Waals surface area contributed by atoms with Gasteiger partial charge in [0.05, 0.1) is 6.54 Å². The number of aromatic nitrogens is 2. The number of nitrogens with zero attached hydrogens (tertiary/aromatic N) is 2. The number of rotatable bonds is 6. The SMILES string of the molecule is CC(C)CN(C(=O)[C@H]1Cc2cc(Cl)ccc2O1)c1c(N)n(Cc2ccccc2)c(=O)[nH]c1=O. The van der Waals surface area contributed by atoms with Gasteiger partial charge in [0.2, 0.25) is 0 Å². The minimum absolute atomic E-state index is 0.0282. The van der Waals surface area contributed by atoms with Crippen LogP contribution in [0.5, 0.6) is 5.75 Å². The molecule has 0 radical (unpaired) electrons. The van der Waals surface area contributed by atoms with E-state index in [1.54, 1.807) is 18.2 Å². The summed E-state index contributed by atoms with van der Waals surface area (Å²) < 4.78 is 7.13. The lowest BCUT2D eigenvalue weighted by Gasteiger charge is -2.28. The summed E-state index contributed by atoms with van der Waals surface area (Å²) in [5, 5.41) is 0.554. The van der Waals surface area contributed by atoms with Gasteiger partial charge in [0.1, 0.15) is 11.6 Å². The van der Waals surface area contributed by atoms with E-state index in [-0.39, 0.29) is 30.5 Å². The second-order valence-corrected chi connectivity index (χ2v) is 8.91. The summed E-state index contributed by atoms with van der Waals surface area (Å²) in [5.41, 5.74) is 6.59. The summed E-state index contributed by atoms with van der Waals surface area (Å²) >= 11 is 6.07. The molecule has 0 bridgehead atoms. The van der Waals surface area contributed by atoms with Crippen LogP contribution < -0.4 is 26.6 Å². The molecule has 3 N–H and O–H groups in total. The van der Waals surface area contributed by atoms with Gasteiger partial charge in [-0.3, -0.25) is 19.1 Å². The Morgan fingerprint density at radius 2 is 1.97 bits per heavy atom. The lowest BCUT2D eigenvalue weighted by atomic mass is 10.1. The minimum Gasteiger partial charge on any atom is -0.480 e. The number of ether oxygens (including phenoxy) is 1. The van der Waals surface area contributed by atoms with E-state index in [1.807, 2.05) is 44.2 Å². The maximum absolute atomic E-state index is 13.6. The maximum Gasteiger partial charge on any atom is 0.330 e. The standard InChI is InChI=1S/C24H25ClN4O4/c1-14(2)12-28(23(31)19-11-16-10-17(25)8-9-18(16)33-19)20-21(26)29(24(32)27-22(20)30)13-15-6-4-3-5-7-15/h3-10,14,19H,11-13,26H2,1-2H3,(H,27,30,32)/t19-/m1/s1. The number of carbonyl (C=O) groups is 1. The molecular weight excluding hydrogens is 444 g/mol. The fourth-order valence-electron chi connectivity index (χ4n) is 3.95. The van der Waals surface area contributed by atoms with Crippen LogP contribution >= 0.6 is 11.6 Å². The lowest BCUT2D eigenvalue weighted by molar-refractivity contribution is -0.124. The van der Waals surface area contributed by atoms with Crippen LogP contribution in [0.15, 0.2) is 58.1 Å². The first kappa shape index (κ1) is 22.7. The van der Waals surface area contributed by atoms with Crippen molar-refractivity contribution < 1.29 is 9.53 Å². The van der Waals surface area contributed by atoms with Crippen molar-refractivity contribution in [2.24, 2.45) is 5.92 Å². The highest BCUT2D eigenvalue weighted by atomic mass is 35.5. The van der Waals surface area contributed by atoms with E-state index in [0.717, 1.165) is 11.1 Å². The average Bonchev–Trinajstić information content (AvgIpc) is 3.19. The predicted molar refractivity (Wildman–Crippen MR) is 128 cm³/mol. The van der Waals surface area contributed by atoms with Crippen molar-refractivity contribution in [3.63, 3.8) is 0 Å². The number of anilines is 2. The van der Waals surface area contributed by atoms with Gasteiger partial charge in [-0.15, -0.1) is 0 Å². The van der Waals surface area contributed by atoms with Crippen LogP contribution in [0.3, 0.4) is 0 Å². The van der Waals surface area contributed by atoms with Gasteiger partial charge < -0.3 is 15.4 Å². The fourth-order valence-corrected chi connectivity index (χ4v) is 4.14. The first-order valence-electron chi connectivity index (χ1n) is 10.7. The number of hydrogen-bond acceptors (Lipinski definition) is 5. The Morgan fingerprint density at radius 3 is 2.67 bits per heavy atom. The number of aromatic amines is 1. The molecule has 2 aromatic carbocycles. The quantitative estimate of drug-likeness (QED) is 0.578. The first-order chi connectivity index (χ1) is 15.7. The van der Waals surface area contributed by atoms with Crippen LogP contribution in [-0.2, 0) is 17.8 Å². The third-order valence-electron chi connectivity index (χ3n) is 5.45. The smallest absolute Gasteiger partial charge is 0.330 e. The van der Waals surface area contributed by atoms with Gasteiger partial charge in [-0.2, -0.15) is 0 Å². The largest absolute Gasteiger partial charge is 0.480 e. The van der Waals surface area contributed by atoms with E-state index in [4.69, 9.17) is 22.1 Å². The van der Waals surface area contributed by atoms with Crippen molar-refractivity contribution in [1.82, 2.24) is 9.55 Å². The third-order valence-corrected chi connectivity index (χ3v) is 5.69. The van der Waals surface area contributed by atoms with Crippen LogP contribution in [0, 0.1) is 5.92 Å². The second-order valence-electron chi connectivity index (χ2n) is 8.47. The maximum atomic E-state index is 13.6. The molecule has 0 saturated heterocycles. The fraction of sp³-hybridized carbons (Fsp3) is 0.292. The Morgan fingerprint density at radius 1 is 1.24 bits per heavy atom. The molecule has 33 heavy (non-hydrogen) atoms. The Balaban J connectivity index is 1.73. The number of nitrogens with one attached hydrogen (secondary N) is 1. The van der Waals surface area contributed by atoms with Gasteiger partial charge in [0.15, 0.2) is 11.8 Å². The Labute approximate surface area is 195 Å². The molecule has 4 rings (SSSR count). The normalized spacial score (nSPS) is 14.7.